The topological polar surface area (TPSA) is 29.1 Å². The Hall–Kier alpha value is -2.17. The smallest absolute Gasteiger partial charge is 0.225 e. The second kappa shape index (κ2) is 10.4. The van der Waals surface area contributed by atoms with Crippen molar-refractivity contribution in [2.45, 2.75) is 35.8 Å². The first-order valence-corrected chi connectivity index (χ1v) is 11.3. The summed E-state index contributed by atoms with van der Waals surface area (Å²) in [5.41, 5.74) is 4.52. The maximum atomic E-state index is 12.3. The van der Waals surface area contributed by atoms with E-state index in [2.05, 4.69) is 72.9 Å². The summed E-state index contributed by atoms with van der Waals surface area (Å²) in [4.78, 5) is 14.7. The molecule has 3 rings (SSSR count). The van der Waals surface area contributed by atoms with E-state index < -0.39 is 0 Å². The zero-order valence-electron chi connectivity index (χ0n) is 16.3. The molecule has 2 nitrogen and oxygen atoms in total. The molecule has 0 saturated heterocycles. The van der Waals surface area contributed by atoms with Crippen molar-refractivity contribution >= 4 is 35.1 Å². The van der Waals surface area contributed by atoms with E-state index in [1.807, 2.05) is 30.8 Å². The van der Waals surface area contributed by atoms with Gasteiger partial charge in [0.25, 0.3) is 0 Å². The van der Waals surface area contributed by atoms with Gasteiger partial charge in [0, 0.05) is 33.4 Å². The highest BCUT2D eigenvalue weighted by molar-refractivity contribution is 7.99. The Morgan fingerprint density at radius 3 is 2.29 bits per heavy atom. The third-order valence-electron chi connectivity index (χ3n) is 4.33. The number of hydrogen-bond donors (Lipinski definition) is 1. The zero-order chi connectivity index (χ0) is 19.8. The van der Waals surface area contributed by atoms with Gasteiger partial charge < -0.3 is 5.32 Å². The predicted molar refractivity (Wildman–Crippen MR) is 122 cm³/mol. The molecule has 0 heterocycles. The molecule has 3 aromatic carbocycles. The molecular formula is C24H25NOS2. The Morgan fingerprint density at radius 1 is 0.857 bits per heavy atom. The van der Waals surface area contributed by atoms with Crippen LogP contribution < -0.4 is 5.32 Å². The summed E-state index contributed by atoms with van der Waals surface area (Å²) >= 11 is 3.54. The number of carbonyl (C=O) groups is 1. The number of rotatable bonds is 8. The minimum atomic E-state index is 0.0640. The second-order valence-corrected chi connectivity index (χ2v) is 8.93. The van der Waals surface area contributed by atoms with Gasteiger partial charge >= 0.3 is 0 Å². The number of amides is 1. The van der Waals surface area contributed by atoms with Gasteiger partial charge in [0.15, 0.2) is 0 Å². The third kappa shape index (κ3) is 6.47. The fraction of sp³-hybridized carbons (Fsp3) is 0.208. The monoisotopic (exact) mass is 407 g/mol. The van der Waals surface area contributed by atoms with E-state index in [9.17, 15) is 4.79 Å². The van der Waals surface area contributed by atoms with Crippen molar-refractivity contribution in [3.8, 4) is 0 Å². The van der Waals surface area contributed by atoms with Gasteiger partial charge in [-0.15, -0.1) is 23.5 Å². The molecule has 0 spiro atoms. The Bertz CT molecular complexity index is 908. The molecule has 0 saturated carbocycles. The largest absolute Gasteiger partial charge is 0.326 e. The lowest BCUT2D eigenvalue weighted by Crippen LogP contribution is -2.13. The van der Waals surface area contributed by atoms with Crippen LogP contribution in [0.4, 0.5) is 5.69 Å². The number of thioether (sulfide) groups is 2. The van der Waals surface area contributed by atoms with Crippen LogP contribution in [-0.4, -0.2) is 11.7 Å². The summed E-state index contributed by atoms with van der Waals surface area (Å²) in [5, 5.41) is 3.05. The van der Waals surface area contributed by atoms with Crippen LogP contribution in [0.25, 0.3) is 0 Å². The number of hydrogen-bond acceptors (Lipinski definition) is 3. The van der Waals surface area contributed by atoms with Crippen molar-refractivity contribution in [3.63, 3.8) is 0 Å². The van der Waals surface area contributed by atoms with Crippen LogP contribution in [0.15, 0.2) is 82.6 Å². The van der Waals surface area contributed by atoms with E-state index in [1.54, 1.807) is 11.8 Å². The van der Waals surface area contributed by atoms with Crippen LogP contribution >= 0.6 is 23.5 Å². The fourth-order valence-electron chi connectivity index (χ4n) is 2.75. The molecule has 0 unspecified atom stereocenters. The van der Waals surface area contributed by atoms with Crippen molar-refractivity contribution in [3.05, 3.63) is 89.5 Å². The van der Waals surface area contributed by atoms with Gasteiger partial charge in [-0.3, -0.25) is 4.79 Å². The number of benzene rings is 3. The molecule has 1 amide bonds. The van der Waals surface area contributed by atoms with Crippen LogP contribution in [0.2, 0.25) is 0 Å². The lowest BCUT2D eigenvalue weighted by molar-refractivity contribution is -0.115. The van der Waals surface area contributed by atoms with Gasteiger partial charge in [-0.1, -0.05) is 48.0 Å². The molecular weight excluding hydrogens is 382 g/mol. The van der Waals surface area contributed by atoms with Gasteiger partial charge in [0.2, 0.25) is 5.91 Å². The van der Waals surface area contributed by atoms with Gasteiger partial charge in [0.1, 0.15) is 0 Å². The summed E-state index contributed by atoms with van der Waals surface area (Å²) in [6, 6.07) is 25.1. The number of aryl methyl sites for hydroxylation is 2. The minimum Gasteiger partial charge on any atom is -0.326 e. The highest BCUT2D eigenvalue weighted by Gasteiger charge is 2.07. The molecule has 0 atom stereocenters. The first-order chi connectivity index (χ1) is 13.6. The average Bonchev–Trinajstić information content (AvgIpc) is 2.70. The van der Waals surface area contributed by atoms with Crippen LogP contribution in [0.5, 0.6) is 0 Å². The lowest BCUT2D eigenvalue weighted by Gasteiger charge is -2.10. The zero-order valence-corrected chi connectivity index (χ0v) is 17.9. The average molecular weight is 408 g/mol. The highest BCUT2D eigenvalue weighted by atomic mass is 32.2. The maximum absolute atomic E-state index is 12.3. The molecule has 0 aromatic heterocycles. The maximum Gasteiger partial charge on any atom is 0.225 e. The third-order valence-corrected chi connectivity index (χ3v) is 6.43. The highest BCUT2D eigenvalue weighted by Crippen LogP contribution is 2.25. The predicted octanol–water partition coefficient (Wildman–Crippen LogP) is 6.72. The summed E-state index contributed by atoms with van der Waals surface area (Å²) in [5.74, 6) is 1.76. The van der Waals surface area contributed by atoms with Gasteiger partial charge in [-0.25, -0.2) is 0 Å². The molecule has 0 aliphatic rings. The molecule has 0 radical (unpaired) electrons. The fourth-order valence-corrected chi connectivity index (χ4v) is 4.46. The molecule has 0 aliphatic heterocycles. The molecule has 28 heavy (non-hydrogen) atoms. The van der Waals surface area contributed by atoms with Crippen molar-refractivity contribution in [2.24, 2.45) is 0 Å². The Labute approximate surface area is 176 Å². The molecule has 0 fully saturated rings. The summed E-state index contributed by atoms with van der Waals surface area (Å²) in [6.45, 7) is 4.13. The Morgan fingerprint density at radius 2 is 1.57 bits per heavy atom. The van der Waals surface area contributed by atoms with E-state index in [4.69, 9.17) is 0 Å². The van der Waals surface area contributed by atoms with Crippen molar-refractivity contribution in [1.82, 2.24) is 0 Å². The molecule has 0 bridgehead atoms. The van der Waals surface area contributed by atoms with Gasteiger partial charge in [-0.05, 0) is 55.3 Å². The standard InChI is InChI=1S/C24H25NOS2/c1-18-8-11-22(12-9-18)27-15-14-24(26)25-23-13-10-20(16-19(23)2)17-28-21-6-4-3-5-7-21/h3-13,16H,14-15,17H2,1-2H3,(H,25,26). The summed E-state index contributed by atoms with van der Waals surface area (Å²) in [6.07, 6.45) is 0.504. The Balaban J connectivity index is 1.46. The minimum absolute atomic E-state index is 0.0640. The Kier molecular flexibility index (Phi) is 7.63. The molecule has 1 N–H and O–H groups in total. The quantitative estimate of drug-likeness (QED) is 0.420. The summed E-state index contributed by atoms with van der Waals surface area (Å²) < 4.78 is 0. The van der Waals surface area contributed by atoms with Gasteiger partial charge in [-0.2, -0.15) is 0 Å². The van der Waals surface area contributed by atoms with Crippen molar-refractivity contribution in [1.29, 1.82) is 0 Å². The SMILES string of the molecule is Cc1ccc(SCCC(=O)Nc2ccc(CSc3ccccc3)cc2C)cc1. The molecule has 144 valence electrons. The van der Waals surface area contributed by atoms with Crippen LogP contribution in [-0.2, 0) is 10.5 Å². The number of anilines is 1. The van der Waals surface area contributed by atoms with E-state index in [-0.39, 0.29) is 5.91 Å². The normalized spacial score (nSPS) is 10.6. The van der Waals surface area contributed by atoms with Crippen LogP contribution in [0, 0.1) is 13.8 Å². The van der Waals surface area contributed by atoms with E-state index in [1.165, 1.54) is 20.9 Å². The molecule has 3 aromatic rings. The van der Waals surface area contributed by atoms with Crippen LogP contribution in [0.3, 0.4) is 0 Å². The molecule has 0 aliphatic carbocycles. The van der Waals surface area contributed by atoms with E-state index >= 15 is 0 Å². The first-order valence-electron chi connectivity index (χ1n) is 9.37. The van der Waals surface area contributed by atoms with E-state index in [0.717, 1.165) is 22.8 Å². The number of carbonyl (C=O) groups excluding carboxylic acids is 1. The number of nitrogens with one attached hydrogen (secondary N) is 1. The van der Waals surface area contributed by atoms with Crippen molar-refractivity contribution < 1.29 is 4.79 Å². The van der Waals surface area contributed by atoms with Crippen molar-refractivity contribution in [2.75, 3.05) is 11.1 Å². The summed E-state index contributed by atoms with van der Waals surface area (Å²) in [7, 11) is 0. The lowest BCUT2D eigenvalue weighted by atomic mass is 10.1. The van der Waals surface area contributed by atoms with Crippen LogP contribution in [0.1, 0.15) is 23.1 Å². The van der Waals surface area contributed by atoms with E-state index in [0.29, 0.717) is 6.42 Å². The molecule has 4 heteroatoms. The first kappa shape index (κ1) is 20.6. The second-order valence-electron chi connectivity index (χ2n) is 6.71. The van der Waals surface area contributed by atoms with Gasteiger partial charge in [0.05, 0.1) is 0 Å².